The Hall–Kier alpha value is -1.88. The van der Waals surface area contributed by atoms with Crippen LogP contribution in [-0.4, -0.2) is 32.1 Å². The van der Waals surface area contributed by atoms with Gasteiger partial charge in [0.1, 0.15) is 18.4 Å². The van der Waals surface area contributed by atoms with Crippen molar-refractivity contribution in [3.63, 3.8) is 0 Å². The Kier molecular flexibility index (Phi) is 4.86. The third-order valence-electron chi connectivity index (χ3n) is 4.33. The van der Waals surface area contributed by atoms with Crippen molar-refractivity contribution in [2.24, 2.45) is 5.41 Å². The molecular formula is C17H25N3O2. The van der Waals surface area contributed by atoms with Gasteiger partial charge in [-0.05, 0) is 24.5 Å². The van der Waals surface area contributed by atoms with Crippen LogP contribution >= 0.6 is 0 Å². The number of benzene rings is 1. The highest BCUT2D eigenvalue weighted by Crippen LogP contribution is 2.40. The highest BCUT2D eigenvalue weighted by atomic mass is 16.5. The second kappa shape index (κ2) is 6.48. The predicted molar refractivity (Wildman–Crippen MR) is 85.7 cm³/mol. The quantitative estimate of drug-likeness (QED) is 0.891. The van der Waals surface area contributed by atoms with E-state index in [1.807, 2.05) is 58.0 Å². The average Bonchev–Trinajstić information content (AvgIpc) is 2.97. The normalized spacial score (nSPS) is 16.0. The summed E-state index contributed by atoms with van der Waals surface area (Å²) in [6.45, 7) is 8.42. The van der Waals surface area contributed by atoms with Gasteiger partial charge in [-0.1, -0.05) is 39.0 Å². The molecule has 2 rings (SSSR count). The summed E-state index contributed by atoms with van der Waals surface area (Å²) in [6, 6.07) is 9.47. The van der Waals surface area contributed by atoms with E-state index in [4.69, 9.17) is 4.74 Å². The van der Waals surface area contributed by atoms with Crippen molar-refractivity contribution >= 4 is 0 Å². The lowest BCUT2D eigenvalue weighted by atomic mass is 9.72. The van der Waals surface area contributed by atoms with Crippen LogP contribution in [0.25, 0.3) is 0 Å². The third kappa shape index (κ3) is 3.65. The summed E-state index contributed by atoms with van der Waals surface area (Å²) >= 11 is 0. The third-order valence-corrected chi connectivity index (χ3v) is 4.33. The number of aromatic nitrogens is 3. The van der Waals surface area contributed by atoms with Gasteiger partial charge < -0.3 is 9.84 Å². The standard InChI is InChI=1S/C17H25N3O2/c1-16(2,3)17(4,21)15(20-13-18-12-19-20)10-11-22-14-8-6-5-7-9-14/h5-9,12-13,15,21H,10-11H2,1-4H3. The summed E-state index contributed by atoms with van der Waals surface area (Å²) in [5.41, 5.74) is -1.24. The average molecular weight is 303 g/mol. The molecule has 1 heterocycles. The van der Waals surface area contributed by atoms with Crippen LogP contribution in [0.2, 0.25) is 0 Å². The van der Waals surface area contributed by atoms with E-state index in [0.717, 1.165) is 5.75 Å². The fraction of sp³-hybridized carbons (Fsp3) is 0.529. The van der Waals surface area contributed by atoms with E-state index < -0.39 is 5.60 Å². The van der Waals surface area contributed by atoms with Crippen molar-refractivity contribution in [1.82, 2.24) is 14.8 Å². The minimum atomic E-state index is -0.944. The minimum absolute atomic E-state index is 0.210. The molecule has 0 aliphatic carbocycles. The molecule has 1 aromatic heterocycles. The topological polar surface area (TPSA) is 60.2 Å². The molecule has 0 amide bonds. The maximum Gasteiger partial charge on any atom is 0.137 e. The van der Waals surface area contributed by atoms with Crippen LogP contribution in [0.15, 0.2) is 43.0 Å². The molecule has 5 heteroatoms. The number of rotatable bonds is 6. The summed E-state index contributed by atoms with van der Waals surface area (Å²) in [6.07, 6.45) is 3.78. The highest BCUT2D eigenvalue weighted by Gasteiger charge is 2.43. The van der Waals surface area contributed by atoms with Crippen molar-refractivity contribution in [3.05, 3.63) is 43.0 Å². The monoisotopic (exact) mass is 303 g/mol. The van der Waals surface area contributed by atoms with Crippen LogP contribution in [0.1, 0.15) is 40.2 Å². The molecule has 0 saturated carbocycles. The van der Waals surface area contributed by atoms with E-state index >= 15 is 0 Å². The number of aliphatic hydroxyl groups is 1. The van der Waals surface area contributed by atoms with Crippen LogP contribution in [0.4, 0.5) is 0 Å². The number of ether oxygens (including phenoxy) is 1. The fourth-order valence-corrected chi connectivity index (χ4v) is 2.35. The van der Waals surface area contributed by atoms with Gasteiger partial charge in [-0.2, -0.15) is 5.10 Å². The molecule has 22 heavy (non-hydrogen) atoms. The molecule has 0 spiro atoms. The second-order valence-corrected chi connectivity index (χ2v) is 6.74. The van der Waals surface area contributed by atoms with E-state index in [-0.39, 0.29) is 11.5 Å². The van der Waals surface area contributed by atoms with Gasteiger partial charge in [-0.15, -0.1) is 0 Å². The second-order valence-electron chi connectivity index (χ2n) is 6.74. The van der Waals surface area contributed by atoms with Gasteiger partial charge in [0.05, 0.1) is 18.2 Å². The zero-order chi connectivity index (χ0) is 16.2. The Morgan fingerprint density at radius 3 is 2.41 bits per heavy atom. The zero-order valence-electron chi connectivity index (χ0n) is 13.7. The first kappa shape index (κ1) is 16.5. The molecule has 0 aliphatic rings. The van der Waals surface area contributed by atoms with E-state index in [2.05, 4.69) is 10.1 Å². The fourth-order valence-electron chi connectivity index (χ4n) is 2.35. The first-order chi connectivity index (χ1) is 10.3. The number of para-hydroxylation sites is 1. The van der Waals surface area contributed by atoms with Crippen LogP contribution in [0.5, 0.6) is 5.75 Å². The van der Waals surface area contributed by atoms with Gasteiger partial charge >= 0.3 is 0 Å². The summed E-state index contributed by atoms with van der Waals surface area (Å²) in [7, 11) is 0. The predicted octanol–water partition coefficient (Wildman–Crippen LogP) is 3.09. The van der Waals surface area contributed by atoms with Crippen molar-refractivity contribution in [2.75, 3.05) is 6.61 Å². The number of hydrogen-bond donors (Lipinski definition) is 1. The van der Waals surface area contributed by atoms with E-state index in [9.17, 15) is 5.11 Å². The molecule has 2 atom stereocenters. The van der Waals surface area contributed by atoms with Crippen LogP contribution in [0.3, 0.4) is 0 Å². The Morgan fingerprint density at radius 2 is 1.86 bits per heavy atom. The molecule has 0 fully saturated rings. The Labute approximate surface area is 132 Å². The van der Waals surface area contributed by atoms with Crippen molar-refractivity contribution in [2.45, 2.75) is 45.8 Å². The van der Waals surface area contributed by atoms with Gasteiger partial charge in [0, 0.05) is 6.42 Å². The van der Waals surface area contributed by atoms with Gasteiger partial charge in [-0.3, -0.25) is 0 Å². The summed E-state index contributed by atoms with van der Waals surface area (Å²) in [5, 5.41) is 15.2. The molecule has 120 valence electrons. The van der Waals surface area contributed by atoms with Gasteiger partial charge in [0.25, 0.3) is 0 Å². The number of hydrogen-bond acceptors (Lipinski definition) is 4. The Morgan fingerprint density at radius 1 is 1.18 bits per heavy atom. The van der Waals surface area contributed by atoms with E-state index in [1.54, 1.807) is 11.0 Å². The van der Waals surface area contributed by atoms with Gasteiger partial charge in [-0.25, -0.2) is 9.67 Å². The summed E-state index contributed by atoms with van der Waals surface area (Å²) in [5.74, 6) is 0.829. The lowest BCUT2D eigenvalue weighted by Crippen LogP contribution is -2.48. The van der Waals surface area contributed by atoms with Crippen LogP contribution in [-0.2, 0) is 0 Å². The maximum atomic E-state index is 11.0. The summed E-state index contributed by atoms with van der Waals surface area (Å²) < 4.78 is 7.49. The highest BCUT2D eigenvalue weighted by molar-refractivity contribution is 5.20. The molecule has 1 aromatic carbocycles. The Bertz CT molecular complexity index is 559. The van der Waals surface area contributed by atoms with Crippen LogP contribution < -0.4 is 4.74 Å². The molecule has 0 radical (unpaired) electrons. The lowest BCUT2D eigenvalue weighted by molar-refractivity contribution is -0.0911. The molecule has 5 nitrogen and oxygen atoms in total. The summed E-state index contributed by atoms with van der Waals surface area (Å²) in [4.78, 5) is 4.00. The first-order valence-electron chi connectivity index (χ1n) is 7.57. The molecule has 0 bridgehead atoms. The van der Waals surface area contributed by atoms with Gasteiger partial charge in [0.15, 0.2) is 0 Å². The minimum Gasteiger partial charge on any atom is -0.494 e. The Balaban J connectivity index is 2.10. The molecule has 2 aromatic rings. The molecule has 1 N–H and O–H groups in total. The largest absolute Gasteiger partial charge is 0.494 e. The van der Waals surface area contributed by atoms with Crippen LogP contribution in [0, 0.1) is 5.41 Å². The van der Waals surface area contributed by atoms with Crippen molar-refractivity contribution in [3.8, 4) is 5.75 Å². The maximum absolute atomic E-state index is 11.0. The first-order valence-corrected chi connectivity index (χ1v) is 7.57. The molecular weight excluding hydrogens is 278 g/mol. The SMILES string of the molecule is CC(C)(C)C(C)(O)C(CCOc1ccccc1)n1cncn1. The smallest absolute Gasteiger partial charge is 0.137 e. The lowest BCUT2D eigenvalue weighted by Gasteiger charge is -2.43. The molecule has 0 aliphatic heterocycles. The van der Waals surface area contributed by atoms with E-state index in [0.29, 0.717) is 13.0 Å². The zero-order valence-corrected chi connectivity index (χ0v) is 13.7. The molecule has 2 unspecified atom stereocenters. The van der Waals surface area contributed by atoms with Gasteiger partial charge in [0.2, 0.25) is 0 Å². The number of nitrogens with zero attached hydrogens (tertiary/aromatic N) is 3. The van der Waals surface area contributed by atoms with Crippen molar-refractivity contribution < 1.29 is 9.84 Å². The molecule has 0 saturated heterocycles. The van der Waals surface area contributed by atoms with Crippen molar-refractivity contribution in [1.29, 1.82) is 0 Å². The van der Waals surface area contributed by atoms with E-state index in [1.165, 1.54) is 6.33 Å².